The Kier molecular flexibility index (Phi) is 4.64. The average Bonchev–Trinajstić information content (AvgIpc) is 2.98. The molecule has 0 bridgehead atoms. The van der Waals surface area contributed by atoms with Crippen molar-refractivity contribution in [3.63, 3.8) is 0 Å². The van der Waals surface area contributed by atoms with Crippen molar-refractivity contribution >= 4 is 0 Å². The quantitative estimate of drug-likeness (QED) is 0.929. The van der Waals surface area contributed by atoms with Crippen LogP contribution in [0.15, 0.2) is 36.7 Å². The Balaban J connectivity index is 1.89. The van der Waals surface area contributed by atoms with Crippen molar-refractivity contribution in [2.24, 2.45) is 7.05 Å². The third kappa shape index (κ3) is 3.47. The molecular weight excluding hydrogens is 319 g/mol. The molecule has 0 unspecified atom stereocenters. The molecule has 2 heterocycles. The van der Waals surface area contributed by atoms with E-state index >= 15 is 0 Å². The van der Waals surface area contributed by atoms with Gasteiger partial charge in [-0.3, -0.25) is 0 Å². The highest BCUT2D eigenvalue weighted by Gasteiger charge is 2.37. The lowest BCUT2D eigenvalue weighted by Gasteiger charge is -2.39. The third-order valence-electron chi connectivity index (χ3n) is 4.59. The highest BCUT2D eigenvalue weighted by molar-refractivity contribution is 5.32. The number of ether oxygens (including phenoxy) is 1. The number of imidazole rings is 1. The zero-order valence-electron chi connectivity index (χ0n) is 13.4. The number of hydrogen-bond acceptors (Lipinski definition) is 3. The Morgan fingerprint density at radius 1 is 1.29 bits per heavy atom. The highest BCUT2D eigenvalue weighted by atomic mass is 19.4. The molecule has 2 aromatic rings. The summed E-state index contributed by atoms with van der Waals surface area (Å²) in [6, 6.07) is 5.58. The molecule has 1 aliphatic rings. The van der Waals surface area contributed by atoms with Crippen LogP contribution in [0.2, 0.25) is 0 Å². The molecule has 1 aromatic carbocycles. The number of aryl methyl sites for hydroxylation is 1. The molecule has 0 saturated carbocycles. The lowest BCUT2D eigenvalue weighted by atomic mass is 9.82. The van der Waals surface area contributed by atoms with Crippen LogP contribution in [-0.2, 0) is 30.0 Å². The van der Waals surface area contributed by atoms with Crippen LogP contribution >= 0.6 is 0 Å². The van der Waals surface area contributed by atoms with Gasteiger partial charge in [0.05, 0.1) is 12.1 Å². The SMILES string of the molecule is Cn1ccnc1CNC1(c2cccc(C(F)(F)F)c2)CCOCC1. The second-order valence-corrected chi connectivity index (χ2v) is 6.08. The lowest BCUT2D eigenvalue weighted by molar-refractivity contribution is -0.137. The number of benzene rings is 1. The van der Waals surface area contributed by atoms with E-state index in [1.54, 1.807) is 12.3 Å². The van der Waals surface area contributed by atoms with E-state index in [2.05, 4.69) is 10.3 Å². The van der Waals surface area contributed by atoms with Crippen molar-refractivity contribution in [3.8, 4) is 0 Å². The van der Waals surface area contributed by atoms with E-state index in [-0.39, 0.29) is 0 Å². The van der Waals surface area contributed by atoms with Crippen LogP contribution in [0.1, 0.15) is 29.8 Å². The van der Waals surface area contributed by atoms with E-state index in [1.165, 1.54) is 12.1 Å². The fourth-order valence-corrected chi connectivity index (χ4v) is 3.10. The lowest BCUT2D eigenvalue weighted by Crippen LogP contribution is -2.46. The maximum absolute atomic E-state index is 13.1. The molecule has 1 saturated heterocycles. The van der Waals surface area contributed by atoms with Gasteiger partial charge in [0, 0.05) is 38.2 Å². The molecule has 4 nitrogen and oxygen atoms in total. The second kappa shape index (κ2) is 6.57. The van der Waals surface area contributed by atoms with E-state index in [1.807, 2.05) is 17.8 Å². The number of rotatable bonds is 4. The topological polar surface area (TPSA) is 39.1 Å². The van der Waals surface area contributed by atoms with Gasteiger partial charge in [-0.05, 0) is 30.5 Å². The standard InChI is InChI=1S/C17H20F3N3O/c1-23-8-7-21-15(23)12-22-16(5-9-24-10-6-16)13-3-2-4-14(11-13)17(18,19)20/h2-4,7-8,11,22H,5-6,9-10,12H2,1H3. The molecule has 0 aliphatic carbocycles. The van der Waals surface area contributed by atoms with Gasteiger partial charge < -0.3 is 14.6 Å². The molecule has 130 valence electrons. The third-order valence-corrected chi connectivity index (χ3v) is 4.59. The van der Waals surface area contributed by atoms with E-state index < -0.39 is 17.3 Å². The molecular formula is C17H20F3N3O. The predicted molar refractivity (Wildman–Crippen MR) is 83.2 cm³/mol. The largest absolute Gasteiger partial charge is 0.416 e. The van der Waals surface area contributed by atoms with Gasteiger partial charge >= 0.3 is 6.18 Å². The Bertz CT molecular complexity index is 690. The first-order valence-electron chi connectivity index (χ1n) is 7.87. The van der Waals surface area contributed by atoms with Crippen molar-refractivity contribution in [1.29, 1.82) is 0 Å². The van der Waals surface area contributed by atoms with Gasteiger partial charge in [-0.15, -0.1) is 0 Å². The Morgan fingerprint density at radius 2 is 2.04 bits per heavy atom. The van der Waals surface area contributed by atoms with Crippen LogP contribution in [0.4, 0.5) is 13.2 Å². The summed E-state index contributed by atoms with van der Waals surface area (Å²) in [7, 11) is 1.89. The summed E-state index contributed by atoms with van der Waals surface area (Å²) in [5.41, 5.74) is -0.509. The minimum absolute atomic E-state index is 0.486. The minimum Gasteiger partial charge on any atom is -0.381 e. The fourth-order valence-electron chi connectivity index (χ4n) is 3.10. The van der Waals surface area contributed by atoms with Gasteiger partial charge in [-0.2, -0.15) is 13.2 Å². The first-order valence-corrected chi connectivity index (χ1v) is 7.87. The number of aromatic nitrogens is 2. The summed E-state index contributed by atoms with van der Waals surface area (Å²) < 4.78 is 46.5. The van der Waals surface area contributed by atoms with Crippen LogP contribution in [0.5, 0.6) is 0 Å². The first kappa shape index (κ1) is 17.0. The number of hydrogen-bond donors (Lipinski definition) is 1. The number of nitrogens with zero attached hydrogens (tertiary/aromatic N) is 2. The molecule has 1 aromatic heterocycles. The summed E-state index contributed by atoms with van der Waals surface area (Å²) in [6.45, 7) is 1.52. The molecule has 1 fully saturated rings. The van der Waals surface area contributed by atoms with E-state index in [9.17, 15) is 13.2 Å². The van der Waals surface area contributed by atoms with E-state index in [4.69, 9.17) is 4.74 Å². The van der Waals surface area contributed by atoms with Gasteiger partial charge in [0.25, 0.3) is 0 Å². The van der Waals surface area contributed by atoms with Gasteiger partial charge in [0.2, 0.25) is 0 Å². The van der Waals surface area contributed by atoms with Gasteiger partial charge in [-0.1, -0.05) is 12.1 Å². The van der Waals surface area contributed by atoms with Gasteiger partial charge in [0.15, 0.2) is 0 Å². The summed E-state index contributed by atoms with van der Waals surface area (Å²) in [4.78, 5) is 4.27. The Hall–Kier alpha value is -1.86. The van der Waals surface area contributed by atoms with Crippen molar-refractivity contribution in [3.05, 3.63) is 53.6 Å². The molecule has 1 N–H and O–H groups in total. The fraction of sp³-hybridized carbons (Fsp3) is 0.471. The van der Waals surface area contributed by atoms with Gasteiger partial charge in [-0.25, -0.2) is 4.98 Å². The zero-order valence-corrected chi connectivity index (χ0v) is 13.4. The van der Waals surface area contributed by atoms with Crippen LogP contribution in [0, 0.1) is 0 Å². The average molecular weight is 339 g/mol. The van der Waals surface area contributed by atoms with Crippen molar-refractivity contribution < 1.29 is 17.9 Å². The normalized spacial score (nSPS) is 17.8. The number of nitrogens with one attached hydrogen (secondary N) is 1. The molecule has 0 amide bonds. The summed E-state index contributed by atoms with van der Waals surface area (Å²) in [5.74, 6) is 0.841. The molecule has 0 atom stereocenters. The second-order valence-electron chi connectivity index (χ2n) is 6.08. The summed E-state index contributed by atoms with van der Waals surface area (Å²) in [5, 5.41) is 3.44. The first-order chi connectivity index (χ1) is 11.4. The van der Waals surface area contributed by atoms with Crippen LogP contribution in [-0.4, -0.2) is 22.8 Å². The van der Waals surface area contributed by atoms with Crippen molar-refractivity contribution in [2.75, 3.05) is 13.2 Å². The molecule has 24 heavy (non-hydrogen) atoms. The highest BCUT2D eigenvalue weighted by Crippen LogP contribution is 2.36. The monoisotopic (exact) mass is 339 g/mol. The number of halogens is 3. The smallest absolute Gasteiger partial charge is 0.381 e. The molecule has 0 radical (unpaired) electrons. The van der Waals surface area contributed by atoms with Gasteiger partial charge in [0.1, 0.15) is 5.82 Å². The predicted octanol–water partition coefficient (Wildman–Crippen LogP) is 3.23. The Labute approximate surface area is 138 Å². The number of alkyl halides is 3. The van der Waals surface area contributed by atoms with E-state index in [0.717, 1.165) is 11.9 Å². The van der Waals surface area contributed by atoms with Crippen LogP contribution in [0.25, 0.3) is 0 Å². The van der Waals surface area contributed by atoms with Crippen molar-refractivity contribution in [2.45, 2.75) is 31.1 Å². The maximum atomic E-state index is 13.1. The molecule has 7 heteroatoms. The molecule has 0 spiro atoms. The molecule has 3 rings (SSSR count). The van der Waals surface area contributed by atoms with Crippen LogP contribution in [0.3, 0.4) is 0 Å². The van der Waals surface area contributed by atoms with Crippen LogP contribution < -0.4 is 5.32 Å². The molecule has 1 aliphatic heterocycles. The van der Waals surface area contributed by atoms with E-state index in [0.29, 0.717) is 38.2 Å². The van der Waals surface area contributed by atoms with Crippen molar-refractivity contribution in [1.82, 2.24) is 14.9 Å². The maximum Gasteiger partial charge on any atom is 0.416 e. The minimum atomic E-state index is -4.35. The summed E-state index contributed by atoms with van der Waals surface area (Å²) in [6.07, 6.45) is 0.454. The zero-order chi connectivity index (χ0) is 17.2. The Morgan fingerprint density at radius 3 is 2.67 bits per heavy atom. The summed E-state index contributed by atoms with van der Waals surface area (Å²) >= 11 is 0.